The summed E-state index contributed by atoms with van der Waals surface area (Å²) in [4.78, 5) is 14.4. The fourth-order valence-corrected chi connectivity index (χ4v) is 3.43. The van der Waals surface area contributed by atoms with Gasteiger partial charge in [0.2, 0.25) is 0 Å². The first-order valence-corrected chi connectivity index (χ1v) is 8.46. The second-order valence-electron chi connectivity index (χ2n) is 5.99. The molecule has 130 valence electrons. The van der Waals surface area contributed by atoms with Crippen molar-refractivity contribution in [2.45, 2.75) is 31.8 Å². The topological polar surface area (TPSA) is 74.6 Å². The van der Waals surface area contributed by atoms with Gasteiger partial charge in [-0.2, -0.15) is 5.26 Å². The van der Waals surface area contributed by atoms with Gasteiger partial charge in [0.15, 0.2) is 11.7 Å². The number of carbonyl (C=O) groups excluding carboxylic acids is 1. The molecule has 6 nitrogen and oxygen atoms in total. The van der Waals surface area contributed by atoms with E-state index in [4.69, 9.17) is 27.0 Å². The molecule has 1 aromatic rings. The summed E-state index contributed by atoms with van der Waals surface area (Å²) in [7, 11) is 1.38. The van der Waals surface area contributed by atoms with Crippen molar-refractivity contribution in [2.24, 2.45) is 0 Å². The Morgan fingerprint density at radius 1 is 1.40 bits per heavy atom. The zero-order valence-electron chi connectivity index (χ0n) is 14.1. The molecule has 1 aliphatic heterocycles. The van der Waals surface area contributed by atoms with Gasteiger partial charge in [-0.15, -0.1) is 0 Å². The Labute approximate surface area is 152 Å². The standard InChI is InChI=1S/C18H19N3O3S/c1-11-15(17(22)23-2)16(20-18(25)21(11)13-5-6-13)12-3-7-14(8-4-12)24-10-9-19/h3-4,7-8,13,16H,5-6,10H2,1-2H3,(H,20,25)/t16-/m0/s1. The van der Waals surface area contributed by atoms with Crippen molar-refractivity contribution in [3.63, 3.8) is 0 Å². The Morgan fingerprint density at radius 3 is 2.64 bits per heavy atom. The van der Waals surface area contributed by atoms with Gasteiger partial charge in [-0.05, 0) is 49.7 Å². The van der Waals surface area contributed by atoms with E-state index in [9.17, 15) is 4.79 Å². The number of ether oxygens (including phenoxy) is 2. The predicted octanol–water partition coefficient (Wildman–Crippen LogP) is 2.43. The number of methoxy groups -OCH3 is 1. The molecule has 0 saturated heterocycles. The summed E-state index contributed by atoms with van der Waals surface area (Å²) >= 11 is 5.52. The highest BCUT2D eigenvalue weighted by molar-refractivity contribution is 7.80. The number of allylic oxidation sites excluding steroid dienone is 1. The van der Waals surface area contributed by atoms with Gasteiger partial charge < -0.3 is 19.7 Å². The third-order valence-electron chi connectivity index (χ3n) is 4.36. The molecule has 7 heteroatoms. The molecular formula is C18H19N3O3S. The van der Waals surface area contributed by atoms with Crippen LogP contribution >= 0.6 is 12.2 Å². The first-order chi connectivity index (χ1) is 12.1. The summed E-state index contributed by atoms with van der Waals surface area (Å²) in [6, 6.07) is 9.18. The highest BCUT2D eigenvalue weighted by Gasteiger charge is 2.40. The van der Waals surface area contributed by atoms with Crippen molar-refractivity contribution in [1.29, 1.82) is 5.26 Å². The van der Waals surface area contributed by atoms with Crippen molar-refractivity contribution in [3.05, 3.63) is 41.1 Å². The van der Waals surface area contributed by atoms with Gasteiger partial charge in [0.05, 0.1) is 18.7 Å². The van der Waals surface area contributed by atoms with Crippen LogP contribution in [0.4, 0.5) is 0 Å². The predicted molar refractivity (Wildman–Crippen MR) is 95.6 cm³/mol. The third-order valence-corrected chi connectivity index (χ3v) is 4.68. The van der Waals surface area contributed by atoms with E-state index in [1.54, 1.807) is 12.1 Å². The van der Waals surface area contributed by atoms with Crippen LogP contribution < -0.4 is 10.1 Å². The Hall–Kier alpha value is -2.59. The van der Waals surface area contributed by atoms with Crippen LogP contribution in [0.1, 0.15) is 31.4 Å². The number of esters is 1. The smallest absolute Gasteiger partial charge is 0.337 e. The molecule has 0 aromatic heterocycles. The molecule has 1 saturated carbocycles. The van der Waals surface area contributed by atoms with Crippen molar-refractivity contribution >= 4 is 23.3 Å². The van der Waals surface area contributed by atoms with Crippen LogP contribution in [0.2, 0.25) is 0 Å². The lowest BCUT2D eigenvalue weighted by Crippen LogP contribution is -2.48. The number of hydrogen-bond donors (Lipinski definition) is 1. The summed E-state index contributed by atoms with van der Waals surface area (Å²) in [5.74, 6) is 0.233. The van der Waals surface area contributed by atoms with E-state index in [-0.39, 0.29) is 18.6 Å². The van der Waals surface area contributed by atoms with Crippen molar-refractivity contribution in [2.75, 3.05) is 13.7 Å². The number of nitrogens with zero attached hydrogens (tertiary/aromatic N) is 2. The monoisotopic (exact) mass is 357 g/mol. The highest BCUT2D eigenvalue weighted by atomic mass is 32.1. The summed E-state index contributed by atoms with van der Waals surface area (Å²) in [6.45, 7) is 1.91. The normalized spacial score (nSPS) is 20.0. The minimum Gasteiger partial charge on any atom is -0.479 e. The first-order valence-electron chi connectivity index (χ1n) is 8.05. The fraction of sp³-hybridized carbons (Fsp3) is 0.389. The molecule has 1 N–H and O–H groups in total. The lowest BCUT2D eigenvalue weighted by Gasteiger charge is -2.37. The molecule has 1 aromatic carbocycles. The van der Waals surface area contributed by atoms with E-state index in [1.807, 2.05) is 30.0 Å². The summed E-state index contributed by atoms with van der Waals surface area (Å²) in [5.41, 5.74) is 2.28. The van der Waals surface area contributed by atoms with Gasteiger partial charge in [0.1, 0.15) is 11.8 Å². The molecule has 0 bridgehead atoms. The number of benzene rings is 1. The maximum Gasteiger partial charge on any atom is 0.337 e. The molecule has 2 aliphatic rings. The number of nitrogens with one attached hydrogen (secondary N) is 1. The summed E-state index contributed by atoms with van der Waals surface area (Å²) in [5, 5.41) is 12.5. The summed E-state index contributed by atoms with van der Waals surface area (Å²) < 4.78 is 10.3. The number of rotatable bonds is 5. The van der Waals surface area contributed by atoms with Crippen LogP contribution in [0.15, 0.2) is 35.5 Å². The molecule has 1 atom stereocenters. The summed E-state index contributed by atoms with van der Waals surface area (Å²) in [6.07, 6.45) is 2.15. The highest BCUT2D eigenvalue weighted by Crippen LogP contribution is 2.38. The Balaban J connectivity index is 1.94. The lowest BCUT2D eigenvalue weighted by atomic mass is 9.95. The van der Waals surface area contributed by atoms with Gasteiger partial charge in [0.25, 0.3) is 0 Å². The average Bonchev–Trinajstić information content (AvgIpc) is 3.44. The van der Waals surface area contributed by atoms with Crippen molar-refractivity contribution in [1.82, 2.24) is 10.2 Å². The third kappa shape index (κ3) is 3.44. The lowest BCUT2D eigenvalue weighted by molar-refractivity contribution is -0.136. The van der Waals surface area contributed by atoms with E-state index >= 15 is 0 Å². The second kappa shape index (κ2) is 7.11. The van der Waals surface area contributed by atoms with Crippen LogP contribution in [0.5, 0.6) is 5.75 Å². The van der Waals surface area contributed by atoms with E-state index in [2.05, 4.69) is 5.32 Å². The fourth-order valence-electron chi connectivity index (χ4n) is 3.03. The van der Waals surface area contributed by atoms with E-state index in [0.717, 1.165) is 24.1 Å². The van der Waals surface area contributed by atoms with Crippen LogP contribution in [0.25, 0.3) is 0 Å². The Morgan fingerprint density at radius 2 is 2.08 bits per heavy atom. The number of nitriles is 1. The Bertz CT molecular complexity index is 763. The van der Waals surface area contributed by atoms with Gasteiger partial charge >= 0.3 is 5.97 Å². The van der Waals surface area contributed by atoms with E-state index < -0.39 is 0 Å². The molecule has 25 heavy (non-hydrogen) atoms. The molecule has 0 unspecified atom stereocenters. The molecular weight excluding hydrogens is 338 g/mol. The maximum atomic E-state index is 12.4. The van der Waals surface area contributed by atoms with Gasteiger partial charge in [0, 0.05) is 11.7 Å². The zero-order chi connectivity index (χ0) is 18.0. The maximum absolute atomic E-state index is 12.4. The van der Waals surface area contributed by atoms with Crippen LogP contribution in [0.3, 0.4) is 0 Å². The quantitative estimate of drug-likeness (QED) is 0.641. The van der Waals surface area contributed by atoms with Gasteiger partial charge in [-0.25, -0.2) is 4.79 Å². The molecule has 3 rings (SSSR count). The van der Waals surface area contributed by atoms with Gasteiger partial charge in [-0.1, -0.05) is 12.1 Å². The first kappa shape index (κ1) is 17.2. The molecule has 0 radical (unpaired) electrons. The minimum absolute atomic E-state index is 0.00607. The SMILES string of the molecule is COC(=O)C1=C(C)N(C2CC2)C(=S)N[C@H]1c1ccc(OCC#N)cc1. The van der Waals surface area contributed by atoms with Crippen molar-refractivity contribution in [3.8, 4) is 11.8 Å². The van der Waals surface area contributed by atoms with E-state index in [1.165, 1.54) is 7.11 Å². The number of carbonyl (C=O) groups is 1. The number of thiocarbonyl (C=S) groups is 1. The van der Waals surface area contributed by atoms with Crippen molar-refractivity contribution < 1.29 is 14.3 Å². The second-order valence-corrected chi connectivity index (χ2v) is 6.38. The molecule has 1 aliphatic carbocycles. The van der Waals surface area contributed by atoms with Gasteiger partial charge in [-0.3, -0.25) is 0 Å². The molecule has 1 fully saturated rings. The molecule has 1 heterocycles. The largest absolute Gasteiger partial charge is 0.479 e. The molecule has 0 amide bonds. The number of hydrogen-bond acceptors (Lipinski definition) is 5. The zero-order valence-corrected chi connectivity index (χ0v) is 14.9. The minimum atomic E-state index is -0.375. The average molecular weight is 357 g/mol. The van der Waals surface area contributed by atoms with Crippen LogP contribution in [-0.2, 0) is 9.53 Å². The van der Waals surface area contributed by atoms with Crippen LogP contribution in [0, 0.1) is 11.3 Å². The van der Waals surface area contributed by atoms with E-state index in [0.29, 0.717) is 22.5 Å². The Kier molecular flexibility index (Phi) is 4.91. The van der Waals surface area contributed by atoms with Crippen LogP contribution in [-0.4, -0.2) is 35.7 Å². The molecule has 0 spiro atoms.